The third-order valence-corrected chi connectivity index (χ3v) is 2.97. The maximum Gasteiger partial charge on any atom is 0.196 e. The number of nitrogens with zero attached hydrogens (tertiary/aromatic N) is 1. The first-order chi connectivity index (χ1) is 8.09. The number of aromatic nitrogens is 1. The largest absolute Gasteiger partial charge is 0.288 e. The van der Waals surface area contributed by atoms with Crippen LogP contribution in [0.1, 0.15) is 21.6 Å². The van der Waals surface area contributed by atoms with Gasteiger partial charge in [0.2, 0.25) is 0 Å². The van der Waals surface area contributed by atoms with Crippen LogP contribution in [0.5, 0.6) is 0 Å². The van der Waals surface area contributed by atoms with E-state index < -0.39 is 5.82 Å². The predicted molar refractivity (Wildman–Crippen MR) is 66.5 cm³/mol. The first kappa shape index (κ1) is 11.9. The fourth-order valence-corrected chi connectivity index (χ4v) is 1.89. The molecule has 0 unspecified atom stereocenters. The summed E-state index contributed by atoms with van der Waals surface area (Å²) >= 11 is 3.06. The van der Waals surface area contributed by atoms with E-state index in [9.17, 15) is 9.18 Å². The maximum absolute atomic E-state index is 13.8. The molecule has 1 heterocycles. The number of halogens is 2. The number of aryl methyl sites for hydroxylation is 1. The molecule has 0 atom stereocenters. The van der Waals surface area contributed by atoms with Gasteiger partial charge in [-0.05, 0) is 47.1 Å². The van der Waals surface area contributed by atoms with E-state index in [4.69, 9.17) is 0 Å². The molecule has 0 aliphatic heterocycles. The lowest BCUT2D eigenvalue weighted by Gasteiger charge is -2.04. The highest BCUT2D eigenvalue weighted by Crippen LogP contribution is 2.21. The number of carbonyl (C=O) groups is 1. The molecule has 1 aromatic heterocycles. The van der Waals surface area contributed by atoms with Gasteiger partial charge in [0.05, 0.1) is 10.0 Å². The van der Waals surface area contributed by atoms with Gasteiger partial charge in [0.15, 0.2) is 5.78 Å². The van der Waals surface area contributed by atoms with E-state index in [-0.39, 0.29) is 15.8 Å². The van der Waals surface area contributed by atoms with E-state index in [0.717, 1.165) is 5.69 Å². The van der Waals surface area contributed by atoms with Gasteiger partial charge < -0.3 is 0 Å². The molecule has 86 valence electrons. The van der Waals surface area contributed by atoms with Gasteiger partial charge in [-0.25, -0.2) is 4.39 Å². The Morgan fingerprint density at radius 2 is 2.12 bits per heavy atom. The van der Waals surface area contributed by atoms with Crippen LogP contribution < -0.4 is 0 Å². The fourth-order valence-electron chi connectivity index (χ4n) is 1.52. The summed E-state index contributed by atoms with van der Waals surface area (Å²) in [6.07, 6.45) is 1.54. The molecule has 4 heteroatoms. The van der Waals surface area contributed by atoms with Gasteiger partial charge in [-0.3, -0.25) is 9.78 Å². The summed E-state index contributed by atoms with van der Waals surface area (Å²) in [5.41, 5.74) is 1.23. The molecule has 0 aliphatic rings. The summed E-state index contributed by atoms with van der Waals surface area (Å²) in [5.74, 6) is -0.874. The molecule has 0 saturated carbocycles. The third kappa shape index (κ3) is 2.42. The molecule has 17 heavy (non-hydrogen) atoms. The van der Waals surface area contributed by atoms with Crippen molar-refractivity contribution in [2.24, 2.45) is 0 Å². The van der Waals surface area contributed by atoms with Crippen LogP contribution >= 0.6 is 15.9 Å². The van der Waals surface area contributed by atoms with Crippen molar-refractivity contribution < 1.29 is 9.18 Å². The van der Waals surface area contributed by atoms with Crippen molar-refractivity contribution in [2.45, 2.75) is 6.92 Å². The van der Waals surface area contributed by atoms with Crippen LogP contribution in [0.4, 0.5) is 4.39 Å². The Balaban J connectivity index is 2.48. The SMILES string of the molecule is Cc1cc(C(=O)c2cccc(Br)c2F)ccn1. The van der Waals surface area contributed by atoms with Crippen molar-refractivity contribution >= 4 is 21.7 Å². The Bertz CT molecular complexity index is 583. The van der Waals surface area contributed by atoms with Gasteiger partial charge in [0.25, 0.3) is 0 Å². The number of hydrogen-bond acceptors (Lipinski definition) is 2. The standard InChI is InChI=1S/C13H9BrFNO/c1-8-7-9(5-6-16-8)13(17)10-3-2-4-11(14)12(10)15/h2-7H,1H3. The Morgan fingerprint density at radius 1 is 1.35 bits per heavy atom. The number of ketones is 1. The average Bonchev–Trinajstić information content (AvgIpc) is 2.32. The van der Waals surface area contributed by atoms with E-state index in [1.54, 1.807) is 37.4 Å². The second-order valence-corrected chi connectivity index (χ2v) is 4.47. The molecule has 0 bridgehead atoms. The monoisotopic (exact) mass is 293 g/mol. The zero-order chi connectivity index (χ0) is 12.4. The van der Waals surface area contributed by atoms with Crippen molar-refractivity contribution in [1.29, 1.82) is 0 Å². The molecule has 2 rings (SSSR count). The third-order valence-electron chi connectivity index (χ3n) is 2.36. The highest BCUT2D eigenvalue weighted by molar-refractivity contribution is 9.10. The van der Waals surface area contributed by atoms with Gasteiger partial charge >= 0.3 is 0 Å². The Labute approximate surface area is 107 Å². The van der Waals surface area contributed by atoms with Crippen LogP contribution in [0.25, 0.3) is 0 Å². The lowest BCUT2D eigenvalue weighted by molar-refractivity contribution is 0.103. The minimum Gasteiger partial charge on any atom is -0.288 e. The summed E-state index contributed by atoms with van der Waals surface area (Å²) in [5, 5.41) is 0. The molecule has 0 aliphatic carbocycles. The van der Waals surface area contributed by atoms with Crippen molar-refractivity contribution in [1.82, 2.24) is 4.98 Å². The van der Waals surface area contributed by atoms with Gasteiger partial charge in [0.1, 0.15) is 5.82 Å². The van der Waals surface area contributed by atoms with Gasteiger partial charge in [-0.1, -0.05) is 6.07 Å². The van der Waals surface area contributed by atoms with Crippen LogP contribution in [0.2, 0.25) is 0 Å². The molecule has 0 radical (unpaired) electrons. The smallest absolute Gasteiger partial charge is 0.196 e. The summed E-state index contributed by atoms with van der Waals surface area (Å²) in [6, 6.07) is 7.88. The molecular weight excluding hydrogens is 285 g/mol. The molecule has 1 aromatic carbocycles. The molecule has 0 N–H and O–H groups in total. The summed E-state index contributed by atoms with van der Waals surface area (Å²) < 4.78 is 14.0. The summed E-state index contributed by atoms with van der Waals surface area (Å²) in [6.45, 7) is 1.79. The number of carbonyl (C=O) groups excluding carboxylic acids is 1. The molecule has 0 fully saturated rings. The van der Waals surface area contributed by atoms with Crippen molar-refractivity contribution in [3.8, 4) is 0 Å². The maximum atomic E-state index is 13.8. The van der Waals surface area contributed by atoms with Crippen molar-refractivity contribution in [3.63, 3.8) is 0 Å². The molecule has 0 amide bonds. The normalized spacial score (nSPS) is 10.3. The second-order valence-electron chi connectivity index (χ2n) is 3.62. The summed E-state index contributed by atoms with van der Waals surface area (Å²) in [4.78, 5) is 16.1. The van der Waals surface area contributed by atoms with Crippen LogP contribution in [0, 0.1) is 12.7 Å². The van der Waals surface area contributed by atoms with E-state index in [2.05, 4.69) is 20.9 Å². The Hall–Kier alpha value is -1.55. The first-order valence-electron chi connectivity index (χ1n) is 5.01. The Kier molecular flexibility index (Phi) is 3.33. The zero-order valence-corrected chi connectivity index (χ0v) is 10.7. The van der Waals surface area contributed by atoms with Crippen LogP contribution in [-0.2, 0) is 0 Å². The molecular formula is C13H9BrFNO. The summed E-state index contributed by atoms with van der Waals surface area (Å²) in [7, 11) is 0. The first-order valence-corrected chi connectivity index (χ1v) is 5.80. The zero-order valence-electron chi connectivity index (χ0n) is 9.08. The predicted octanol–water partition coefficient (Wildman–Crippen LogP) is 3.52. The van der Waals surface area contributed by atoms with E-state index in [0.29, 0.717) is 5.56 Å². The average molecular weight is 294 g/mol. The molecule has 0 spiro atoms. The van der Waals surface area contributed by atoms with E-state index in [1.165, 1.54) is 6.07 Å². The minimum absolute atomic E-state index is 0.0602. The quantitative estimate of drug-likeness (QED) is 0.793. The second kappa shape index (κ2) is 4.75. The van der Waals surface area contributed by atoms with Crippen LogP contribution in [0.15, 0.2) is 41.0 Å². The molecule has 2 nitrogen and oxygen atoms in total. The number of pyridine rings is 1. The highest BCUT2D eigenvalue weighted by Gasteiger charge is 2.15. The van der Waals surface area contributed by atoms with Crippen molar-refractivity contribution in [2.75, 3.05) is 0 Å². The molecule has 2 aromatic rings. The minimum atomic E-state index is -0.535. The highest BCUT2D eigenvalue weighted by atomic mass is 79.9. The lowest BCUT2D eigenvalue weighted by Crippen LogP contribution is -2.05. The topological polar surface area (TPSA) is 30.0 Å². The van der Waals surface area contributed by atoms with Crippen LogP contribution in [-0.4, -0.2) is 10.8 Å². The van der Waals surface area contributed by atoms with Gasteiger partial charge in [-0.2, -0.15) is 0 Å². The fraction of sp³-hybridized carbons (Fsp3) is 0.0769. The van der Waals surface area contributed by atoms with E-state index in [1.807, 2.05) is 0 Å². The van der Waals surface area contributed by atoms with E-state index >= 15 is 0 Å². The number of benzene rings is 1. The number of rotatable bonds is 2. The Morgan fingerprint density at radius 3 is 2.82 bits per heavy atom. The molecule has 0 saturated heterocycles. The number of hydrogen-bond donors (Lipinski definition) is 0. The van der Waals surface area contributed by atoms with Crippen LogP contribution in [0.3, 0.4) is 0 Å². The lowest BCUT2D eigenvalue weighted by atomic mass is 10.0. The van der Waals surface area contributed by atoms with Gasteiger partial charge in [0, 0.05) is 17.5 Å². The van der Waals surface area contributed by atoms with Gasteiger partial charge in [-0.15, -0.1) is 0 Å². The van der Waals surface area contributed by atoms with Crippen molar-refractivity contribution in [3.05, 3.63) is 63.6 Å².